The number of carbonyl (C=O) groups is 1. The molecule has 23 heavy (non-hydrogen) atoms. The third-order valence-electron chi connectivity index (χ3n) is 4.96. The zero-order valence-corrected chi connectivity index (χ0v) is 14.7. The van der Waals surface area contributed by atoms with Crippen LogP contribution in [0.5, 0.6) is 0 Å². The standard InChI is InChI=1S/C19H28N2O2/c1-18(2,3)23-17(22)21-13-16-10-11-19(21,4)14-20(16)12-15-8-6-5-7-9-15/h5-9,16H,10-14H2,1-4H3/t16-,19+/m0/s1. The Morgan fingerprint density at radius 2 is 2.00 bits per heavy atom. The van der Waals surface area contributed by atoms with Crippen molar-refractivity contribution in [3.63, 3.8) is 0 Å². The van der Waals surface area contributed by atoms with E-state index in [0.29, 0.717) is 6.04 Å². The van der Waals surface area contributed by atoms with Gasteiger partial charge in [0.2, 0.25) is 0 Å². The summed E-state index contributed by atoms with van der Waals surface area (Å²) in [7, 11) is 0. The molecule has 0 saturated carbocycles. The molecule has 0 spiro atoms. The van der Waals surface area contributed by atoms with Crippen molar-refractivity contribution in [1.29, 1.82) is 0 Å². The molecule has 3 saturated heterocycles. The molecule has 4 heteroatoms. The van der Waals surface area contributed by atoms with Gasteiger partial charge < -0.3 is 4.74 Å². The van der Waals surface area contributed by atoms with Crippen LogP contribution in [0.3, 0.4) is 0 Å². The molecule has 0 aromatic heterocycles. The fourth-order valence-corrected chi connectivity index (χ4v) is 3.78. The third kappa shape index (κ3) is 3.52. The fraction of sp³-hybridized carbons (Fsp3) is 0.632. The Hall–Kier alpha value is -1.55. The molecule has 1 aromatic carbocycles. The lowest BCUT2D eigenvalue weighted by Gasteiger charge is -2.57. The van der Waals surface area contributed by atoms with Crippen LogP contribution < -0.4 is 0 Å². The van der Waals surface area contributed by atoms with Gasteiger partial charge in [-0.15, -0.1) is 0 Å². The van der Waals surface area contributed by atoms with Crippen LogP contribution in [0.1, 0.15) is 46.1 Å². The van der Waals surface area contributed by atoms with Crippen molar-refractivity contribution in [3.05, 3.63) is 35.9 Å². The van der Waals surface area contributed by atoms with Gasteiger partial charge in [-0.3, -0.25) is 9.80 Å². The lowest BCUT2D eigenvalue weighted by atomic mass is 9.80. The highest BCUT2D eigenvalue weighted by Crippen LogP contribution is 2.38. The van der Waals surface area contributed by atoms with E-state index in [-0.39, 0.29) is 11.6 Å². The van der Waals surface area contributed by atoms with Crippen molar-refractivity contribution >= 4 is 6.09 Å². The van der Waals surface area contributed by atoms with Gasteiger partial charge >= 0.3 is 6.09 Å². The van der Waals surface area contributed by atoms with Gasteiger partial charge in [-0.05, 0) is 46.1 Å². The molecule has 3 aliphatic rings. The Labute approximate surface area is 139 Å². The summed E-state index contributed by atoms with van der Waals surface area (Å²) in [6.07, 6.45) is 2.05. The van der Waals surface area contributed by atoms with Gasteiger partial charge in [-0.1, -0.05) is 30.3 Å². The van der Waals surface area contributed by atoms with Crippen molar-refractivity contribution in [2.75, 3.05) is 13.1 Å². The van der Waals surface area contributed by atoms with Crippen LogP contribution in [-0.4, -0.2) is 46.2 Å². The Balaban J connectivity index is 1.71. The summed E-state index contributed by atoms with van der Waals surface area (Å²) < 4.78 is 5.62. The first-order valence-corrected chi connectivity index (χ1v) is 8.55. The Morgan fingerprint density at radius 1 is 1.30 bits per heavy atom. The topological polar surface area (TPSA) is 32.8 Å². The Bertz CT molecular complexity index is 566. The molecule has 3 fully saturated rings. The molecule has 4 nitrogen and oxygen atoms in total. The predicted molar refractivity (Wildman–Crippen MR) is 91.2 cm³/mol. The fourth-order valence-electron chi connectivity index (χ4n) is 3.78. The van der Waals surface area contributed by atoms with Gasteiger partial charge in [0.15, 0.2) is 0 Å². The highest BCUT2D eigenvalue weighted by atomic mass is 16.6. The molecule has 3 heterocycles. The van der Waals surface area contributed by atoms with Crippen molar-refractivity contribution in [1.82, 2.24) is 9.80 Å². The molecule has 0 N–H and O–H groups in total. The van der Waals surface area contributed by atoms with Gasteiger partial charge in [0.05, 0.1) is 5.54 Å². The molecule has 3 aliphatic heterocycles. The highest BCUT2D eigenvalue weighted by molar-refractivity contribution is 5.69. The van der Waals surface area contributed by atoms with Crippen LogP contribution in [0.4, 0.5) is 4.79 Å². The van der Waals surface area contributed by atoms with Crippen molar-refractivity contribution in [2.24, 2.45) is 0 Å². The van der Waals surface area contributed by atoms with Crippen LogP contribution in [0.2, 0.25) is 0 Å². The highest BCUT2D eigenvalue weighted by Gasteiger charge is 2.49. The summed E-state index contributed by atoms with van der Waals surface area (Å²) in [5.74, 6) is 0. The zero-order valence-electron chi connectivity index (χ0n) is 14.7. The van der Waals surface area contributed by atoms with Crippen LogP contribution in [0, 0.1) is 0 Å². The number of piperidine rings is 2. The zero-order chi connectivity index (χ0) is 16.7. The maximum Gasteiger partial charge on any atom is 0.410 e. The summed E-state index contributed by atoms with van der Waals surface area (Å²) in [4.78, 5) is 17.1. The largest absolute Gasteiger partial charge is 0.444 e. The minimum atomic E-state index is -0.437. The van der Waals surface area contributed by atoms with E-state index >= 15 is 0 Å². The number of benzene rings is 1. The quantitative estimate of drug-likeness (QED) is 0.835. The number of amides is 1. The van der Waals surface area contributed by atoms with E-state index in [0.717, 1.165) is 32.5 Å². The number of hydrogen-bond acceptors (Lipinski definition) is 3. The first-order chi connectivity index (χ1) is 10.8. The second-order valence-electron chi connectivity index (χ2n) is 8.17. The smallest absolute Gasteiger partial charge is 0.410 e. The van der Waals surface area contributed by atoms with Crippen LogP contribution in [0.25, 0.3) is 0 Å². The monoisotopic (exact) mass is 316 g/mol. The van der Waals surface area contributed by atoms with Gasteiger partial charge in [-0.25, -0.2) is 4.79 Å². The number of hydrogen-bond donors (Lipinski definition) is 0. The van der Waals surface area contributed by atoms with E-state index in [4.69, 9.17) is 4.74 Å². The number of nitrogens with zero attached hydrogens (tertiary/aromatic N) is 2. The number of fused-ring (bicyclic) bond motifs is 3. The van der Waals surface area contributed by atoms with E-state index in [1.807, 2.05) is 25.7 Å². The van der Waals surface area contributed by atoms with E-state index in [9.17, 15) is 4.79 Å². The molecule has 1 amide bonds. The molecule has 2 atom stereocenters. The van der Waals surface area contributed by atoms with Crippen molar-refractivity contribution in [3.8, 4) is 0 Å². The normalized spacial score (nSPS) is 28.0. The molecule has 2 bridgehead atoms. The molecule has 4 rings (SSSR count). The summed E-state index contributed by atoms with van der Waals surface area (Å²) in [5, 5.41) is 0. The number of piperazine rings is 1. The number of carbonyl (C=O) groups excluding carboxylic acids is 1. The van der Waals surface area contributed by atoms with Crippen LogP contribution in [-0.2, 0) is 11.3 Å². The summed E-state index contributed by atoms with van der Waals surface area (Å²) in [6.45, 7) is 10.6. The first kappa shape index (κ1) is 16.3. The second kappa shape index (κ2) is 5.82. The maximum atomic E-state index is 12.6. The maximum absolute atomic E-state index is 12.6. The number of rotatable bonds is 2. The molecular weight excluding hydrogens is 288 g/mol. The molecule has 0 unspecified atom stereocenters. The van der Waals surface area contributed by atoms with Gasteiger partial charge in [0, 0.05) is 25.7 Å². The molecular formula is C19H28N2O2. The number of ether oxygens (including phenoxy) is 1. The van der Waals surface area contributed by atoms with Crippen LogP contribution in [0.15, 0.2) is 30.3 Å². The van der Waals surface area contributed by atoms with Gasteiger partial charge in [0.25, 0.3) is 0 Å². The average Bonchev–Trinajstić information content (AvgIpc) is 2.46. The molecule has 0 radical (unpaired) electrons. The van der Waals surface area contributed by atoms with Gasteiger partial charge in [0.1, 0.15) is 5.60 Å². The Morgan fingerprint density at radius 3 is 2.61 bits per heavy atom. The minimum Gasteiger partial charge on any atom is -0.444 e. The van der Waals surface area contributed by atoms with E-state index in [1.54, 1.807) is 0 Å². The summed E-state index contributed by atoms with van der Waals surface area (Å²) in [6, 6.07) is 11.0. The molecule has 126 valence electrons. The minimum absolute atomic E-state index is 0.119. The van der Waals surface area contributed by atoms with Gasteiger partial charge in [-0.2, -0.15) is 0 Å². The SMILES string of the molecule is CC(C)(C)OC(=O)N1C[C@@H]2CC[C@]1(C)CN2Cc1ccccc1. The lowest BCUT2D eigenvalue weighted by molar-refractivity contribution is -0.0833. The lowest BCUT2D eigenvalue weighted by Crippen LogP contribution is -2.70. The third-order valence-corrected chi connectivity index (χ3v) is 4.96. The summed E-state index contributed by atoms with van der Waals surface area (Å²) >= 11 is 0. The predicted octanol–water partition coefficient (Wildman–Crippen LogP) is 3.66. The molecule has 0 aliphatic carbocycles. The van der Waals surface area contributed by atoms with Crippen molar-refractivity contribution < 1.29 is 9.53 Å². The Kier molecular flexibility index (Phi) is 4.13. The van der Waals surface area contributed by atoms with Crippen molar-refractivity contribution in [2.45, 2.75) is 64.3 Å². The van der Waals surface area contributed by atoms with E-state index < -0.39 is 5.60 Å². The van der Waals surface area contributed by atoms with E-state index in [2.05, 4.69) is 42.2 Å². The van der Waals surface area contributed by atoms with Crippen LogP contribution >= 0.6 is 0 Å². The average molecular weight is 316 g/mol. The molecule has 1 aromatic rings. The first-order valence-electron chi connectivity index (χ1n) is 8.55. The summed E-state index contributed by atoms with van der Waals surface area (Å²) in [5.41, 5.74) is 0.784. The second-order valence-corrected chi connectivity index (χ2v) is 8.17. The van der Waals surface area contributed by atoms with E-state index in [1.165, 1.54) is 5.56 Å².